The second kappa shape index (κ2) is 7.56. The first-order valence-corrected chi connectivity index (χ1v) is 8.84. The Labute approximate surface area is 161 Å². The monoisotopic (exact) mass is 377 g/mol. The Bertz CT molecular complexity index is 1140. The van der Waals surface area contributed by atoms with Crippen molar-refractivity contribution in [3.8, 4) is 22.9 Å². The zero-order chi connectivity index (χ0) is 19.5. The smallest absolute Gasteiger partial charge is 0.250 e. The highest BCUT2D eigenvalue weighted by atomic mass is 16.5. The van der Waals surface area contributed by atoms with E-state index in [-0.39, 0.29) is 0 Å². The lowest BCUT2D eigenvalue weighted by Gasteiger charge is -2.07. The normalized spacial score (nSPS) is 11.4. The highest BCUT2D eigenvalue weighted by Gasteiger charge is 2.11. The van der Waals surface area contributed by atoms with E-state index in [2.05, 4.69) is 15.1 Å². The Morgan fingerprint density at radius 1 is 0.964 bits per heavy atom. The summed E-state index contributed by atoms with van der Waals surface area (Å²) < 4.78 is 21.5. The topological polar surface area (TPSA) is 83.4 Å². The van der Waals surface area contributed by atoms with Crippen LogP contribution in [-0.2, 0) is 6.42 Å². The van der Waals surface area contributed by atoms with Crippen LogP contribution >= 0.6 is 0 Å². The van der Waals surface area contributed by atoms with Gasteiger partial charge in [0.1, 0.15) is 5.52 Å². The highest BCUT2D eigenvalue weighted by molar-refractivity contribution is 5.79. The molecule has 0 unspecified atom stereocenters. The van der Waals surface area contributed by atoms with E-state index in [0.29, 0.717) is 29.1 Å². The van der Waals surface area contributed by atoms with E-state index in [1.54, 1.807) is 20.3 Å². The largest absolute Gasteiger partial charge is 0.493 e. The van der Waals surface area contributed by atoms with Gasteiger partial charge in [-0.25, -0.2) is 4.98 Å². The molecule has 0 saturated carbocycles. The first-order chi connectivity index (χ1) is 13.7. The van der Waals surface area contributed by atoms with Crippen molar-refractivity contribution in [2.24, 2.45) is 0 Å². The van der Waals surface area contributed by atoms with Crippen LogP contribution in [0.3, 0.4) is 0 Å². The molecule has 142 valence electrons. The molecule has 0 fully saturated rings. The Morgan fingerprint density at radius 3 is 2.61 bits per heavy atom. The molecule has 7 nitrogen and oxygen atoms in total. The van der Waals surface area contributed by atoms with Crippen molar-refractivity contribution in [2.45, 2.75) is 13.3 Å². The van der Waals surface area contributed by atoms with Gasteiger partial charge in [0.25, 0.3) is 5.89 Å². The lowest BCUT2D eigenvalue weighted by atomic mass is 10.2. The SMILES string of the molecule is CCc1nc2cc(-c3noc(C=Cc4ccc(OC)c(OC)c4)n3)ccc2o1. The highest BCUT2D eigenvalue weighted by Crippen LogP contribution is 2.28. The van der Waals surface area contributed by atoms with Crippen LogP contribution in [0.1, 0.15) is 24.3 Å². The second-order valence-electron chi connectivity index (χ2n) is 6.05. The van der Waals surface area contributed by atoms with Gasteiger partial charge in [0.15, 0.2) is 23.0 Å². The quantitative estimate of drug-likeness (QED) is 0.484. The number of oxazole rings is 1. The molecule has 2 aromatic carbocycles. The molecule has 2 aromatic heterocycles. The van der Waals surface area contributed by atoms with E-state index in [0.717, 1.165) is 28.6 Å². The van der Waals surface area contributed by atoms with Crippen LogP contribution in [-0.4, -0.2) is 29.3 Å². The van der Waals surface area contributed by atoms with Crippen molar-refractivity contribution in [1.29, 1.82) is 0 Å². The van der Waals surface area contributed by atoms with Crippen LogP contribution in [0, 0.1) is 0 Å². The van der Waals surface area contributed by atoms with Gasteiger partial charge in [-0.1, -0.05) is 18.1 Å². The molecule has 0 aliphatic rings. The molecule has 0 saturated heterocycles. The molecule has 0 N–H and O–H groups in total. The van der Waals surface area contributed by atoms with Crippen LogP contribution in [0.2, 0.25) is 0 Å². The van der Waals surface area contributed by atoms with E-state index in [1.165, 1.54) is 0 Å². The number of hydrogen-bond donors (Lipinski definition) is 0. The predicted molar refractivity (Wildman–Crippen MR) is 105 cm³/mol. The van der Waals surface area contributed by atoms with E-state index in [4.69, 9.17) is 18.4 Å². The van der Waals surface area contributed by atoms with Crippen LogP contribution < -0.4 is 9.47 Å². The van der Waals surface area contributed by atoms with E-state index >= 15 is 0 Å². The molecule has 0 radical (unpaired) electrons. The summed E-state index contributed by atoms with van der Waals surface area (Å²) in [5, 5.41) is 4.05. The van der Waals surface area contributed by atoms with Gasteiger partial charge in [-0.3, -0.25) is 0 Å². The lowest BCUT2D eigenvalue weighted by molar-refractivity contribution is 0.355. The fourth-order valence-corrected chi connectivity index (χ4v) is 2.81. The van der Waals surface area contributed by atoms with Crippen molar-refractivity contribution in [3.05, 3.63) is 53.7 Å². The Hall–Kier alpha value is -3.61. The Kier molecular flexibility index (Phi) is 4.80. The first-order valence-electron chi connectivity index (χ1n) is 8.84. The molecule has 28 heavy (non-hydrogen) atoms. The second-order valence-corrected chi connectivity index (χ2v) is 6.05. The summed E-state index contributed by atoms with van der Waals surface area (Å²) in [7, 11) is 3.21. The maximum Gasteiger partial charge on any atom is 0.250 e. The van der Waals surface area contributed by atoms with Crippen LogP contribution in [0.15, 0.2) is 45.3 Å². The molecular formula is C21H19N3O4. The fourth-order valence-electron chi connectivity index (χ4n) is 2.81. The third kappa shape index (κ3) is 3.46. The van der Waals surface area contributed by atoms with Gasteiger partial charge in [0, 0.05) is 18.1 Å². The zero-order valence-electron chi connectivity index (χ0n) is 15.8. The van der Waals surface area contributed by atoms with Crippen LogP contribution in [0.25, 0.3) is 34.6 Å². The molecule has 7 heteroatoms. The number of rotatable bonds is 6. The predicted octanol–water partition coefficient (Wildman–Crippen LogP) is 4.63. The van der Waals surface area contributed by atoms with E-state index in [9.17, 15) is 0 Å². The summed E-state index contributed by atoms with van der Waals surface area (Å²) in [5.74, 6) is 2.94. The summed E-state index contributed by atoms with van der Waals surface area (Å²) >= 11 is 0. The summed E-state index contributed by atoms with van der Waals surface area (Å²) in [6.07, 6.45) is 4.37. The minimum absolute atomic E-state index is 0.402. The number of aromatic nitrogens is 3. The van der Waals surface area contributed by atoms with E-state index in [1.807, 2.05) is 49.4 Å². The number of benzene rings is 2. The van der Waals surface area contributed by atoms with Gasteiger partial charge < -0.3 is 18.4 Å². The lowest BCUT2D eigenvalue weighted by Crippen LogP contribution is -1.90. The van der Waals surface area contributed by atoms with Gasteiger partial charge in [-0.15, -0.1) is 0 Å². The molecule has 0 atom stereocenters. The van der Waals surface area contributed by atoms with Crippen LogP contribution in [0.4, 0.5) is 0 Å². The average molecular weight is 377 g/mol. The number of aryl methyl sites for hydroxylation is 1. The average Bonchev–Trinajstić information content (AvgIpc) is 3.37. The molecule has 0 amide bonds. The molecule has 2 heterocycles. The molecule has 0 aliphatic carbocycles. The molecule has 0 spiro atoms. The molecule has 0 aliphatic heterocycles. The van der Waals surface area contributed by atoms with Crippen molar-refractivity contribution < 1.29 is 18.4 Å². The number of fused-ring (bicyclic) bond motifs is 1. The van der Waals surface area contributed by atoms with Gasteiger partial charge in [-0.05, 0) is 42.0 Å². The van der Waals surface area contributed by atoms with Crippen molar-refractivity contribution in [3.63, 3.8) is 0 Å². The summed E-state index contributed by atoms with van der Waals surface area (Å²) in [5.41, 5.74) is 3.27. The van der Waals surface area contributed by atoms with Crippen molar-refractivity contribution >= 4 is 23.3 Å². The molecule has 4 aromatic rings. The van der Waals surface area contributed by atoms with Gasteiger partial charge in [0.05, 0.1) is 14.2 Å². The fraction of sp³-hybridized carbons (Fsp3) is 0.190. The molecule has 0 bridgehead atoms. The first kappa shape index (κ1) is 17.8. The number of hydrogen-bond acceptors (Lipinski definition) is 7. The molecule has 4 rings (SSSR count). The minimum atomic E-state index is 0.402. The maximum absolute atomic E-state index is 5.63. The third-order valence-electron chi connectivity index (χ3n) is 4.26. The number of ether oxygens (including phenoxy) is 2. The van der Waals surface area contributed by atoms with Gasteiger partial charge in [-0.2, -0.15) is 4.98 Å². The molecular weight excluding hydrogens is 358 g/mol. The van der Waals surface area contributed by atoms with Gasteiger partial charge in [0.2, 0.25) is 5.82 Å². The zero-order valence-corrected chi connectivity index (χ0v) is 15.8. The Morgan fingerprint density at radius 2 is 1.82 bits per heavy atom. The number of methoxy groups -OCH3 is 2. The van der Waals surface area contributed by atoms with Crippen molar-refractivity contribution in [2.75, 3.05) is 14.2 Å². The maximum atomic E-state index is 5.63. The summed E-state index contributed by atoms with van der Waals surface area (Å²) in [4.78, 5) is 8.87. The van der Waals surface area contributed by atoms with Crippen LogP contribution in [0.5, 0.6) is 11.5 Å². The number of nitrogens with zero attached hydrogens (tertiary/aromatic N) is 3. The Balaban J connectivity index is 1.56. The summed E-state index contributed by atoms with van der Waals surface area (Å²) in [6.45, 7) is 2.00. The summed E-state index contributed by atoms with van der Waals surface area (Å²) in [6, 6.07) is 11.3. The van der Waals surface area contributed by atoms with Gasteiger partial charge >= 0.3 is 0 Å². The minimum Gasteiger partial charge on any atom is -0.493 e. The standard InChI is InChI=1S/C21H19N3O4/c1-4-19-22-15-12-14(7-9-16(15)27-19)21-23-20(28-24-21)10-6-13-5-8-17(25-2)18(11-13)26-3/h5-12H,4H2,1-3H3. The van der Waals surface area contributed by atoms with Crippen molar-refractivity contribution in [1.82, 2.24) is 15.1 Å². The third-order valence-corrected chi connectivity index (χ3v) is 4.26. The van der Waals surface area contributed by atoms with E-state index < -0.39 is 0 Å².